The molecule has 0 atom stereocenters. The zero-order chi connectivity index (χ0) is 18.4. The number of benzene rings is 2. The highest BCUT2D eigenvalue weighted by Crippen LogP contribution is 2.27. The number of nitrogens with zero attached hydrogens (tertiary/aromatic N) is 2. The number of hydrogen-bond donors (Lipinski definition) is 1. The van der Waals surface area contributed by atoms with Crippen LogP contribution in [0.1, 0.15) is 27.9 Å². The lowest BCUT2D eigenvalue weighted by atomic mass is 10.0. The van der Waals surface area contributed by atoms with E-state index in [1.54, 1.807) is 0 Å². The van der Waals surface area contributed by atoms with Crippen LogP contribution in [0.2, 0.25) is 0 Å². The molecule has 25 heavy (non-hydrogen) atoms. The van der Waals surface area contributed by atoms with Gasteiger partial charge in [-0.3, -0.25) is 25.0 Å². The van der Waals surface area contributed by atoms with Crippen molar-refractivity contribution < 1.29 is 14.6 Å². The van der Waals surface area contributed by atoms with Gasteiger partial charge in [-0.25, -0.2) is 0 Å². The normalized spacial score (nSPS) is 10.3. The van der Waals surface area contributed by atoms with Crippen molar-refractivity contribution in [2.75, 3.05) is 6.54 Å². The van der Waals surface area contributed by atoms with Crippen molar-refractivity contribution in [1.82, 2.24) is 5.32 Å². The van der Waals surface area contributed by atoms with Crippen molar-refractivity contribution in [3.8, 4) is 0 Å². The minimum absolute atomic E-state index is 0.0550. The fourth-order valence-corrected chi connectivity index (χ4v) is 2.45. The van der Waals surface area contributed by atoms with Crippen LogP contribution in [0.3, 0.4) is 0 Å². The predicted octanol–water partition coefficient (Wildman–Crippen LogP) is 3.17. The van der Waals surface area contributed by atoms with E-state index in [2.05, 4.69) is 5.32 Å². The number of hydrogen-bond acceptors (Lipinski definition) is 5. The average molecular weight is 343 g/mol. The molecule has 8 nitrogen and oxygen atoms in total. The molecule has 0 spiro atoms. The molecule has 0 saturated heterocycles. The number of carbonyl (C=O) groups excluding carboxylic acids is 1. The minimum Gasteiger partial charge on any atom is -0.352 e. The number of rotatable bonds is 7. The first-order valence-electron chi connectivity index (χ1n) is 7.65. The molecular formula is C17H17N3O5. The Labute approximate surface area is 143 Å². The van der Waals surface area contributed by atoms with Crippen LogP contribution in [0, 0.1) is 27.2 Å². The Morgan fingerprint density at radius 3 is 2.36 bits per heavy atom. The molecule has 0 bridgehead atoms. The van der Waals surface area contributed by atoms with Crippen LogP contribution >= 0.6 is 0 Å². The average Bonchev–Trinajstić information content (AvgIpc) is 2.59. The molecular weight excluding hydrogens is 326 g/mol. The number of carbonyl (C=O) groups is 1. The molecule has 1 amide bonds. The van der Waals surface area contributed by atoms with E-state index in [1.165, 1.54) is 6.92 Å². The first kappa shape index (κ1) is 18.1. The summed E-state index contributed by atoms with van der Waals surface area (Å²) in [4.78, 5) is 32.8. The smallest absolute Gasteiger partial charge is 0.279 e. The van der Waals surface area contributed by atoms with Gasteiger partial charge in [0, 0.05) is 18.2 Å². The van der Waals surface area contributed by atoms with E-state index < -0.39 is 27.1 Å². The van der Waals surface area contributed by atoms with Crippen LogP contribution < -0.4 is 5.32 Å². The van der Waals surface area contributed by atoms with Gasteiger partial charge in [-0.1, -0.05) is 30.3 Å². The fourth-order valence-electron chi connectivity index (χ4n) is 2.45. The summed E-state index contributed by atoms with van der Waals surface area (Å²) in [5, 5.41) is 24.6. The molecule has 0 saturated carbocycles. The molecule has 0 radical (unpaired) electrons. The van der Waals surface area contributed by atoms with E-state index in [0.29, 0.717) is 13.0 Å². The Bertz CT molecular complexity index is 805. The molecule has 2 rings (SSSR count). The van der Waals surface area contributed by atoms with Gasteiger partial charge in [0.2, 0.25) is 0 Å². The zero-order valence-corrected chi connectivity index (χ0v) is 13.6. The van der Waals surface area contributed by atoms with Gasteiger partial charge in [-0.15, -0.1) is 0 Å². The van der Waals surface area contributed by atoms with Crippen LogP contribution in [0.4, 0.5) is 11.4 Å². The van der Waals surface area contributed by atoms with E-state index in [-0.39, 0.29) is 11.1 Å². The standard InChI is InChI=1S/C17H17N3O5/c1-12-15(10-14(19(22)23)11-16(12)20(24)25)17(21)18-9-5-8-13-6-3-2-4-7-13/h2-4,6-7,10-11H,5,8-9H2,1H3,(H,18,21). The molecule has 2 aromatic carbocycles. The van der Waals surface area contributed by atoms with Crippen molar-refractivity contribution >= 4 is 17.3 Å². The molecule has 0 aliphatic carbocycles. The van der Waals surface area contributed by atoms with E-state index >= 15 is 0 Å². The maximum absolute atomic E-state index is 12.3. The van der Waals surface area contributed by atoms with Gasteiger partial charge in [0.05, 0.1) is 21.5 Å². The zero-order valence-electron chi connectivity index (χ0n) is 13.6. The Hall–Kier alpha value is -3.29. The number of nitrogens with one attached hydrogen (secondary N) is 1. The summed E-state index contributed by atoms with van der Waals surface area (Å²) in [5.74, 6) is -0.558. The molecule has 0 heterocycles. The highest BCUT2D eigenvalue weighted by atomic mass is 16.6. The van der Waals surface area contributed by atoms with Gasteiger partial charge in [0.1, 0.15) is 0 Å². The largest absolute Gasteiger partial charge is 0.352 e. The summed E-state index contributed by atoms with van der Waals surface area (Å²) in [6.45, 7) is 1.77. The third-order valence-electron chi connectivity index (χ3n) is 3.79. The van der Waals surface area contributed by atoms with Crippen LogP contribution in [-0.2, 0) is 6.42 Å². The van der Waals surface area contributed by atoms with E-state index in [0.717, 1.165) is 24.1 Å². The quantitative estimate of drug-likeness (QED) is 0.471. The number of nitro groups is 2. The molecule has 0 aliphatic heterocycles. The molecule has 0 unspecified atom stereocenters. The summed E-state index contributed by atoms with van der Waals surface area (Å²) in [6, 6.07) is 11.7. The van der Waals surface area contributed by atoms with Gasteiger partial charge in [-0.05, 0) is 25.3 Å². The Kier molecular flexibility index (Phi) is 5.78. The van der Waals surface area contributed by atoms with Gasteiger partial charge in [0.15, 0.2) is 0 Å². The molecule has 0 aromatic heterocycles. The lowest BCUT2D eigenvalue weighted by Crippen LogP contribution is -2.26. The minimum atomic E-state index is -0.751. The predicted molar refractivity (Wildman–Crippen MR) is 91.6 cm³/mol. The van der Waals surface area contributed by atoms with Crippen LogP contribution in [0.5, 0.6) is 0 Å². The lowest BCUT2D eigenvalue weighted by molar-refractivity contribution is -0.394. The third-order valence-corrected chi connectivity index (χ3v) is 3.79. The monoisotopic (exact) mass is 343 g/mol. The molecule has 8 heteroatoms. The third kappa shape index (κ3) is 4.60. The number of aryl methyl sites for hydroxylation is 1. The molecule has 0 fully saturated rings. The number of nitro benzene ring substituents is 2. The van der Waals surface area contributed by atoms with Crippen LogP contribution in [0.25, 0.3) is 0 Å². The van der Waals surface area contributed by atoms with Crippen molar-refractivity contribution in [2.45, 2.75) is 19.8 Å². The van der Waals surface area contributed by atoms with E-state index in [1.807, 2.05) is 30.3 Å². The summed E-state index contributed by atoms with van der Waals surface area (Å²) >= 11 is 0. The summed E-state index contributed by atoms with van der Waals surface area (Å²) in [6.07, 6.45) is 1.46. The fraction of sp³-hybridized carbons (Fsp3) is 0.235. The first-order chi connectivity index (χ1) is 11.9. The number of non-ortho nitro benzene ring substituents is 1. The van der Waals surface area contributed by atoms with Crippen molar-refractivity contribution in [2.24, 2.45) is 0 Å². The first-order valence-corrected chi connectivity index (χ1v) is 7.65. The van der Waals surface area contributed by atoms with E-state index in [4.69, 9.17) is 0 Å². The maximum atomic E-state index is 12.3. The lowest BCUT2D eigenvalue weighted by Gasteiger charge is -2.08. The van der Waals surface area contributed by atoms with Crippen molar-refractivity contribution in [1.29, 1.82) is 0 Å². The van der Waals surface area contributed by atoms with Crippen molar-refractivity contribution in [3.05, 3.63) is 79.4 Å². The second kappa shape index (κ2) is 8.00. The van der Waals surface area contributed by atoms with E-state index in [9.17, 15) is 25.0 Å². The summed E-state index contributed by atoms with van der Waals surface area (Å²) in [5.41, 5.74) is 0.269. The van der Waals surface area contributed by atoms with Gasteiger partial charge in [-0.2, -0.15) is 0 Å². The Balaban J connectivity index is 2.07. The number of amides is 1. The Morgan fingerprint density at radius 1 is 1.08 bits per heavy atom. The van der Waals surface area contributed by atoms with Crippen LogP contribution in [0.15, 0.2) is 42.5 Å². The molecule has 1 N–H and O–H groups in total. The topological polar surface area (TPSA) is 115 Å². The highest BCUT2D eigenvalue weighted by Gasteiger charge is 2.24. The summed E-state index contributed by atoms with van der Waals surface area (Å²) < 4.78 is 0. The van der Waals surface area contributed by atoms with Gasteiger partial charge in [0.25, 0.3) is 17.3 Å². The van der Waals surface area contributed by atoms with Gasteiger partial charge < -0.3 is 5.32 Å². The second-order valence-electron chi connectivity index (χ2n) is 5.50. The van der Waals surface area contributed by atoms with Gasteiger partial charge >= 0.3 is 0 Å². The summed E-state index contributed by atoms with van der Waals surface area (Å²) in [7, 11) is 0. The SMILES string of the molecule is Cc1c(C(=O)NCCCc2ccccc2)cc([N+](=O)[O-])cc1[N+](=O)[O-]. The molecule has 0 aliphatic rings. The second-order valence-corrected chi connectivity index (χ2v) is 5.50. The van der Waals surface area contributed by atoms with Crippen LogP contribution in [-0.4, -0.2) is 22.3 Å². The highest BCUT2D eigenvalue weighted by molar-refractivity contribution is 5.97. The molecule has 2 aromatic rings. The maximum Gasteiger partial charge on any atom is 0.279 e. The molecule has 130 valence electrons. The Morgan fingerprint density at radius 2 is 1.76 bits per heavy atom. The van der Waals surface area contributed by atoms with Crippen molar-refractivity contribution in [3.63, 3.8) is 0 Å².